The number of benzene rings is 4. The number of quaternary nitrogens is 1. The molecule has 88 heavy (non-hydrogen) atoms. The molecule has 12 rings (SSSR count). The number of carbonyl (C=O) groups excluding carboxylic acids is 7. The molecule has 6 aromatic rings. The zero-order valence-electron chi connectivity index (χ0n) is 49.8. The van der Waals surface area contributed by atoms with Crippen molar-refractivity contribution in [3.63, 3.8) is 0 Å². The highest BCUT2D eigenvalue weighted by Crippen LogP contribution is 2.52. The highest BCUT2D eigenvalue weighted by molar-refractivity contribution is 6.30. The fourth-order valence-corrected chi connectivity index (χ4v) is 15.2. The zero-order valence-corrected chi connectivity index (χ0v) is 50.6. The van der Waals surface area contributed by atoms with Crippen LogP contribution in [-0.2, 0) is 28.8 Å². The normalized spacial score (nSPS) is 23.9. The monoisotopic (exact) mass is 1220 g/mol. The first-order valence-corrected chi connectivity index (χ1v) is 30.3. The van der Waals surface area contributed by atoms with Gasteiger partial charge in [0.25, 0.3) is 17.5 Å². The molecule has 5 aliphatic heterocycles. The predicted octanol–water partition coefficient (Wildman–Crippen LogP) is 10.3. The number of hydrogen-bond donors (Lipinski definition) is 2. The Bertz CT molecular complexity index is 3870. The fraction of sp³-hybridized carbons (Fsp3) is 0.403. The minimum absolute atomic E-state index is 0.0215. The Hall–Kier alpha value is -8.36. The van der Waals surface area contributed by atoms with Crippen molar-refractivity contribution in [1.82, 2.24) is 34.0 Å². The molecule has 17 nitrogen and oxygen atoms in total. The molecule has 7 heterocycles. The number of primary amides is 2. The van der Waals surface area contributed by atoms with Gasteiger partial charge < -0.3 is 31.1 Å². The van der Waals surface area contributed by atoms with Gasteiger partial charge in [-0.15, -0.1) is 4.68 Å². The fourth-order valence-electron chi connectivity index (χ4n) is 15.1. The summed E-state index contributed by atoms with van der Waals surface area (Å²) in [6, 6.07) is 29.8. The van der Waals surface area contributed by atoms with Crippen LogP contribution in [0, 0.1) is 16.7 Å². The minimum atomic E-state index is -5.68. The number of fused-ring (bicyclic) bond motifs is 6. The number of nitrogens with zero attached hydrogens (tertiary/aromatic N) is 7. The average molecular weight is 1220 g/mol. The van der Waals surface area contributed by atoms with Crippen LogP contribution in [0.1, 0.15) is 141 Å². The van der Waals surface area contributed by atoms with Gasteiger partial charge >= 0.3 is 18.1 Å². The van der Waals surface area contributed by atoms with E-state index in [1.54, 1.807) is 51.2 Å². The summed E-state index contributed by atoms with van der Waals surface area (Å²) in [6.07, 6.45) is 1.52. The van der Waals surface area contributed by atoms with E-state index in [-0.39, 0.29) is 101 Å². The van der Waals surface area contributed by atoms with Crippen molar-refractivity contribution in [3.8, 4) is 11.3 Å². The summed E-state index contributed by atoms with van der Waals surface area (Å²) >= 11 is 6.15. The number of carbonyl (C=O) groups is 7. The Morgan fingerprint density at radius 1 is 0.648 bits per heavy atom. The van der Waals surface area contributed by atoms with Crippen molar-refractivity contribution in [3.05, 3.63) is 160 Å². The molecule has 6 amide bonds. The van der Waals surface area contributed by atoms with Gasteiger partial charge in [0.05, 0.1) is 47.3 Å². The molecule has 4 aromatic carbocycles. The molecule has 0 spiro atoms. The van der Waals surface area contributed by atoms with E-state index in [2.05, 4.69) is 4.98 Å². The second-order valence-electron chi connectivity index (χ2n) is 26.6. The molecular weight excluding hydrogens is 1150 g/mol. The molecule has 458 valence electrons. The molecule has 1 saturated carbocycles. The first-order chi connectivity index (χ1) is 41.6. The SMILES string of the molecule is CC(C)(C)[C@H](C(=O)N1C[C@@H]2C[C@H]1CN2C(=O)c1ccc(-c2ccccn2)cc1)c1cccc2c1C=C(C(N)=O)[N+]2(OC(=O)C(F)(F)F)n1c(C(N)=O)cc2c([C@@H](C(=O)N3C[C@@H]4C[C@H]3CN4C(=O)C3CCC(c4ccc(Cl)cc4)CC3)C(C)(C)C)cccc21. The summed E-state index contributed by atoms with van der Waals surface area (Å²) in [6.45, 7) is 12.2. The minimum Gasteiger partial charge on any atom is -0.364 e. The summed E-state index contributed by atoms with van der Waals surface area (Å²) in [4.78, 5) is 118. The van der Waals surface area contributed by atoms with Gasteiger partial charge in [-0.1, -0.05) is 108 Å². The number of nitrogens with two attached hydrogens (primary N) is 2. The number of amides is 6. The van der Waals surface area contributed by atoms with Crippen molar-refractivity contribution >= 4 is 75.7 Å². The second kappa shape index (κ2) is 22.0. The molecule has 4 N–H and O–H groups in total. The molecule has 7 atom stereocenters. The van der Waals surface area contributed by atoms with E-state index in [4.69, 9.17) is 27.9 Å². The van der Waals surface area contributed by atoms with Crippen molar-refractivity contribution in [2.75, 3.05) is 26.2 Å². The molecule has 5 fully saturated rings. The van der Waals surface area contributed by atoms with Gasteiger partial charge in [-0.3, -0.25) is 33.8 Å². The highest BCUT2D eigenvalue weighted by Gasteiger charge is 2.61. The molecule has 0 radical (unpaired) electrons. The molecule has 6 aliphatic rings. The molecule has 1 aliphatic carbocycles. The Kier molecular flexibility index (Phi) is 15.0. The standard InChI is InChI=1S/C67H69ClF3N9O8/c1-65(2,3)56(62(85)77-35-43-29-45(77)33-75(43)60(83)40-20-16-37(17-21-40)38-24-26-42(68)27-25-38)47-11-9-14-52-49(47)31-53(58(72)81)79(52)80(88-64(87)67(69,70)71)54-15-10-12-48(50(54)32-55(80)59(73)82)57(66(4,5)6)63(86)78-36-44-30-46(78)34-76(44)61(84)41-22-18-39(19-23-41)51-13-7-8-28-74-51/h7-15,18-19,22-28,31-32,37,40,43-46,56-57H,16-17,20-21,29-30,33-36H2,1-6H3,(H3-,72,73,81,82)/p+1/t37?,40?,43-,44-,45-,46-,56-,57-,80?/m0/s1. The predicted molar refractivity (Wildman–Crippen MR) is 324 cm³/mol. The summed E-state index contributed by atoms with van der Waals surface area (Å²) in [7, 11) is 0. The molecule has 21 heteroatoms. The lowest BCUT2D eigenvalue weighted by Crippen LogP contribution is -2.58. The number of aromatic nitrogens is 2. The summed E-state index contributed by atoms with van der Waals surface area (Å²) in [5.74, 6) is -7.84. The Balaban J connectivity index is 0.870. The van der Waals surface area contributed by atoms with Gasteiger partial charge in [0, 0.05) is 76.7 Å². The molecule has 4 saturated heterocycles. The third-order valence-corrected chi connectivity index (χ3v) is 19.3. The number of pyridine rings is 1. The summed E-state index contributed by atoms with van der Waals surface area (Å²) in [5, 5.41) is 0.849. The number of halogens is 4. The van der Waals surface area contributed by atoms with Crippen LogP contribution in [0.15, 0.2) is 121 Å². The maximum absolute atomic E-state index is 15.4. The van der Waals surface area contributed by atoms with E-state index in [0.717, 1.165) is 41.6 Å². The van der Waals surface area contributed by atoms with Crippen molar-refractivity contribution in [2.24, 2.45) is 28.2 Å². The topological polar surface area (TPSA) is 212 Å². The van der Waals surface area contributed by atoms with Gasteiger partial charge in [-0.05, 0) is 120 Å². The lowest BCUT2D eigenvalue weighted by molar-refractivity contribution is -0.235. The molecule has 2 aromatic heterocycles. The number of rotatable bonds is 12. The molecular formula is C67H70ClF3N9O8+. The van der Waals surface area contributed by atoms with E-state index in [1.165, 1.54) is 35.9 Å². The number of hydroxylamine groups is 1. The Labute approximate surface area is 512 Å². The van der Waals surface area contributed by atoms with Crippen LogP contribution >= 0.6 is 11.6 Å². The van der Waals surface area contributed by atoms with Crippen LogP contribution in [0.25, 0.3) is 28.2 Å². The average Bonchev–Trinajstić information content (AvgIpc) is 1.56. The van der Waals surface area contributed by atoms with E-state index < -0.39 is 62.8 Å². The van der Waals surface area contributed by atoms with Crippen LogP contribution in [0.4, 0.5) is 18.9 Å². The molecule has 1 unspecified atom stereocenters. The molecule has 4 bridgehead atoms. The van der Waals surface area contributed by atoms with Crippen LogP contribution in [0.5, 0.6) is 0 Å². The van der Waals surface area contributed by atoms with Crippen molar-refractivity contribution in [1.29, 1.82) is 0 Å². The summed E-state index contributed by atoms with van der Waals surface area (Å²) < 4.78 is 43.9. The van der Waals surface area contributed by atoms with Gasteiger partial charge in [-0.2, -0.15) is 13.2 Å². The lowest BCUT2D eigenvalue weighted by atomic mass is 9.74. The maximum Gasteiger partial charge on any atom is 0.497 e. The Morgan fingerprint density at radius 2 is 1.22 bits per heavy atom. The number of likely N-dealkylation sites (tertiary alicyclic amines) is 4. The van der Waals surface area contributed by atoms with Gasteiger partial charge in [-0.25, -0.2) is 9.63 Å². The van der Waals surface area contributed by atoms with Crippen LogP contribution in [-0.4, -0.2) is 127 Å². The third-order valence-electron chi connectivity index (χ3n) is 19.1. The van der Waals surface area contributed by atoms with Crippen molar-refractivity contribution in [2.45, 2.75) is 128 Å². The number of hydrogen-bond acceptors (Lipinski definition) is 9. The van der Waals surface area contributed by atoms with Crippen molar-refractivity contribution < 1.29 is 51.6 Å². The van der Waals surface area contributed by atoms with Crippen LogP contribution < -0.4 is 16.2 Å². The lowest BCUT2D eigenvalue weighted by Gasteiger charge is -2.41. The number of alkyl halides is 3. The van der Waals surface area contributed by atoms with E-state index in [9.17, 15) is 37.1 Å². The first kappa shape index (κ1) is 59.9. The van der Waals surface area contributed by atoms with E-state index >= 15 is 9.59 Å². The van der Waals surface area contributed by atoms with Gasteiger partial charge in [0.2, 0.25) is 23.4 Å². The Morgan fingerprint density at radius 3 is 1.76 bits per heavy atom. The number of piperazine rings is 2. The zero-order chi connectivity index (χ0) is 62.7. The second-order valence-corrected chi connectivity index (χ2v) is 27.1. The largest absolute Gasteiger partial charge is 0.497 e. The van der Waals surface area contributed by atoms with Gasteiger partial charge in [0.1, 0.15) is 5.52 Å². The van der Waals surface area contributed by atoms with Crippen LogP contribution in [0.3, 0.4) is 0 Å². The summed E-state index contributed by atoms with van der Waals surface area (Å²) in [5.41, 5.74) is 13.0. The van der Waals surface area contributed by atoms with E-state index in [1.807, 2.05) is 101 Å². The van der Waals surface area contributed by atoms with Crippen LogP contribution in [0.2, 0.25) is 5.02 Å². The van der Waals surface area contributed by atoms with E-state index in [0.29, 0.717) is 41.5 Å². The smallest absolute Gasteiger partial charge is 0.364 e. The highest BCUT2D eigenvalue weighted by atomic mass is 35.5. The third kappa shape index (κ3) is 10.3. The maximum atomic E-state index is 15.4. The van der Waals surface area contributed by atoms with Gasteiger partial charge in [0.15, 0.2) is 5.69 Å². The first-order valence-electron chi connectivity index (χ1n) is 29.9. The quantitative estimate of drug-likeness (QED) is 0.111.